The molecule has 0 atom stereocenters. The molecular weight excluding hydrogens is 341 g/mol. The van der Waals surface area contributed by atoms with E-state index >= 15 is 0 Å². The van der Waals surface area contributed by atoms with Crippen LogP contribution in [0.4, 0.5) is 13.2 Å². The van der Waals surface area contributed by atoms with Gasteiger partial charge in [0.2, 0.25) is 0 Å². The Morgan fingerprint density at radius 2 is 1.92 bits per heavy atom. The van der Waals surface area contributed by atoms with Crippen LogP contribution in [0, 0.1) is 0 Å². The largest absolute Gasteiger partial charge is 0.454 e. The second kappa shape index (κ2) is 6.66. The molecule has 0 saturated carbocycles. The average molecular weight is 352 g/mol. The van der Waals surface area contributed by atoms with E-state index in [1.165, 1.54) is 11.3 Å². The Kier molecular flexibility index (Phi) is 4.59. The van der Waals surface area contributed by atoms with E-state index in [4.69, 9.17) is 4.74 Å². The first-order valence-corrected chi connectivity index (χ1v) is 7.74. The number of carbonyl (C=O) groups excluding carboxylic acids is 1. The lowest BCUT2D eigenvalue weighted by Gasteiger charge is -2.03. The summed E-state index contributed by atoms with van der Waals surface area (Å²) in [5.74, 6) is -1.92. The highest BCUT2D eigenvalue weighted by atomic mass is 32.1. The number of halogens is 3. The number of rotatable bonds is 5. The topological polar surface area (TPSA) is 52.1 Å². The van der Waals surface area contributed by atoms with E-state index in [2.05, 4.69) is 9.97 Å². The number of aromatic nitrogens is 2. The van der Waals surface area contributed by atoms with Crippen LogP contribution in [0.25, 0.3) is 10.3 Å². The summed E-state index contributed by atoms with van der Waals surface area (Å²) in [6.07, 6.45) is -4.00. The number of ketones is 1. The van der Waals surface area contributed by atoms with Gasteiger partial charge in [-0.25, -0.2) is 9.97 Å². The predicted octanol–water partition coefficient (Wildman–Crippen LogP) is 4.15. The van der Waals surface area contributed by atoms with Crippen LogP contribution in [-0.4, -0.2) is 21.9 Å². The van der Waals surface area contributed by atoms with E-state index in [0.717, 1.165) is 17.8 Å². The molecule has 0 spiro atoms. The second-order valence-electron chi connectivity index (χ2n) is 4.96. The van der Waals surface area contributed by atoms with Gasteiger partial charge in [-0.05, 0) is 11.6 Å². The lowest BCUT2D eigenvalue weighted by molar-refractivity contribution is -0.0885. The first-order chi connectivity index (χ1) is 11.4. The quantitative estimate of drug-likeness (QED) is 0.647. The van der Waals surface area contributed by atoms with Crippen molar-refractivity contribution in [3.8, 4) is 0 Å². The van der Waals surface area contributed by atoms with E-state index in [1.54, 1.807) is 0 Å². The third-order valence-electron chi connectivity index (χ3n) is 3.15. The van der Waals surface area contributed by atoms with Gasteiger partial charge in [0.05, 0.1) is 13.2 Å². The number of benzene rings is 1. The highest BCUT2D eigenvalue weighted by Gasteiger charge is 2.39. The summed E-state index contributed by atoms with van der Waals surface area (Å²) in [7, 11) is 0. The van der Waals surface area contributed by atoms with E-state index < -0.39 is 17.5 Å². The molecule has 0 aliphatic heterocycles. The maximum atomic E-state index is 12.5. The summed E-state index contributed by atoms with van der Waals surface area (Å²) >= 11 is 1.22. The van der Waals surface area contributed by atoms with Gasteiger partial charge in [0.25, 0.3) is 5.78 Å². The van der Waals surface area contributed by atoms with Crippen LogP contribution in [0.5, 0.6) is 0 Å². The van der Waals surface area contributed by atoms with Crippen molar-refractivity contribution < 1.29 is 22.7 Å². The van der Waals surface area contributed by atoms with Gasteiger partial charge in [0, 0.05) is 11.8 Å². The number of nitrogens with zero attached hydrogens (tertiary/aromatic N) is 2. The standard InChI is InChI=1S/C16H11F3N2O2S/c17-16(18,19)14(22)11-6-12-15(20-7-11)24-13(21-12)9-23-8-10-4-2-1-3-5-10/h1-7H,8-9H2. The Bertz CT molecular complexity index is 863. The summed E-state index contributed by atoms with van der Waals surface area (Å²) in [5, 5.41) is 0.588. The van der Waals surface area contributed by atoms with E-state index in [9.17, 15) is 18.0 Å². The van der Waals surface area contributed by atoms with Gasteiger partial charge in [-0.15, -0.1) is 0 Å². The summed E-state index contributed by atoms with van der Waals surface area (Å²) in [5.41, 5.74) is 0.750. The Hall–Kier alpha value is -2.32. The molecule has 0 aliphatic rings. The Balaban J connectivity index is 1.71. The van der Waals surface area contributed by atoms with Crippen molar-refractivity contribution in [1.29, 1.82) is 0 Å². The van der Waals surface area contributed by atoms with Crippen molar-refractivity contribution >= 4 is 27.5 Å². The molecule has 2 aromatic heterocycles. The van der Waals surface area contributed by atoms with Crippen molar-refractivity contribution in [2.75, 3.05) is 0 Å². The van der Waals surface area contributed by atoms with Crippen LogP contribution < -0.4 is 0 Å². The molecule has 124 valence electrons. The van der Waals surface area contributed by atoms with Crippen LogP contribution >= 0.6 is 11.3 Å². The van der Waals surface area contributed by atoms with Crippen LogP contribution in [0.1, 0.15) is 20.9 Å². The molecule has 0 unspecified atom stereocenters. The minimum Gasteiger partial charge on any atom is -0.370 e. The molecule has 0 aliphatic carbocycles. The van der Waals surface area contributed by atoms with Gasteiger partial charge >= 0.3 is 6.18 Å². The lowest BCUT2D eigenvalue weighted by atomic mass is 10.2. The third-order valence-corrected chi connectivity index (χ3v) is 4.10. The van der Waals surface area contributed by atoms with Crippen molar-refractivity contribution in [2.24, 2.45) is 0 Å². The van der Waals surface area contributed by atoms with Gasteiger partial charge in [-0.1, -0.05) is 41.7 Å². The highest BCUT2D eigenvalue weighted by molar-refractivity contribution is 7.18. The molecule has 3 rings (SSSR count). The number of ether oxygens (including phenoxy) is 1. The Labute approximate surface area is 138 Å². The van der Waals surface area contributed by atoms with Gasteiger partial charge < -0.3 is 4.74 Å². The van der Waals surface area contributed by atoms with Crippen molar-refractivity contribution in [3.05, 3.63) is 58.7 Å². The summed E-state index contributed by atoms with van der Waals surface area (Å²) in [4.78, 5) is 19.8. The number of pyridine rings is 1. The summed E-state index contributed by atoms with van der Waals surface area (Å²) < 4.78 is 42.9. The second-order valence-corrected chi connectivity index (χ2v) is 6.02. The molecule has 24 heavy (non-hydrogen) atoms. The summed E-state index contributed by atoms with van der Waals surface area (Å²) in [6, 6.07) is 10.7. The van der Waals surface area contributed by atoms with Crippen LogP contribution in [-0.2, 0) is 18.0 Å². The van der Waals surface area contributed by atoms with Crippen molar-refractivity contribution in [1.82, 2.24) is 9.97 Å². The number of fused-ring (bicyclic) bond motifs is 1. The first-order valence-electron chi connectivity index (χ1n) is 6.92. The smallest absolute Gasteiger partial charge is 0.370 e. The van der Waals surface area contributed by atoms with E-state index in [-0.39, 0.29) is 12.1 Å². The lowest BCUT2D eigenvalue weighted by Crippen LogP contribution is -2.22. The third kappa shape index (κ3) is 3.77. The van der Waals surface area contributed by atoms with Gasteiger partial charge in [0.15, 0.2) is 0 Å². The van der Waals surface area contributed by atoms with Gasteiger partial charge in [0.1, 0.15) is 15.4 Å². The molecule has 0 N–H and O–H groups in total. The fourth-order valence-corrected chi connectivity index (χ4v) is 2.87. The van der Waals surface area contributed by atoms with Gasteiger partial charge in [-0.3, -0.25) is 4.79 Å². The SMILES string of the molecule is O=C(c1cnc2sc(COCc3ccccc3)nc2c1)C(F)(F)F. The number of alkyl halides is 3. The monoisotopic (exact) mass is 352 g/mol. The molecule has 0 bridgehead atoms. The minimum atomic E-state index is -4.92. The molecule has 0 radical (unpaired) electrons. The molecule has 0 amide bonds. The average Bonchev–Trinajstić information content (AvgIpc) is 2.96. The predicted molar refractivity (Wildman–Crippen MR) is 82.7 cm³/mol. The van der Waals surface area contributed by atoms with E-state index in [0.29, 0.717) is 16.4 Å². The number of Topliss-reactive ketones (excluding diaryl/α,β-unsaturated/α-hetero) is 1. The maximum absolute atomic E-state index is 12.5. The number of hydrogen-bond donors (Lipinski definition) is 0. The molecule has 3 aromatic rings. The fourth-order valence-electron chi connectivity index (χ4n) is 2.05. The minimum absolute atomic E-state index is 0.221. The normalized spacial score (nSPS) is 11.8. The van der Waals surface area contributed by atoms with Crippen LogP contribution in [0.15, 0.2) is 42.6 Å². The maximum Gasteiger partial charge on any atom is 0.454 e. The number of carbonyl (C=O) groups is 1. The van der Waals surface area contributed by atoms with Gasteiger partial charge in [-0.2, -0.15) is 13.2 Å². The molecule has 2 heterocycles. The van der Waals surface area contributed by atoms with Crippen molar-refractivity contribution in [2.45, 2.75) is 19.4 Å². The fraction of sp³-hybridized carbons (Fsp3) is 0.188. The Morgan fingerprint density at radius 1 is 1.17 bits per heavy atom. The first kappa shape index (κ1) is 16.5. The molecule has 0 fully saturated rings. The number of hydrogen-bond acceptors (Lipinski definition) is 5. The molecular formula is C16H11F3N2O2S. The molecule has 8 heteroatoms. The van der Waals surface area contributed by atoms with E-state index in [1.807, 2.05) is 30.3 Å². The zero-order valence-corrected chi connectivity index (χ0v) is 13.0. The molecule has 0 saturated heterocycles. The summed E-state index contributed by atoms with van der Waals surface area (Å²) in [6.45, 7) is 0.625. The highest BCUT2D eigenvalue weighted by Crippen LogP contribution is 2.25. The van der Waals surface area contributed by atoms with Crippen molar-refractivity contribution in [3.63, 3.8) is 0 Å². The Morgan fingerprint density at radius 3 is 2.62 bits per heavy atom. The zero-order chi connectivity index (χ0) is 17.2. The zero-order valence-electron chi connectivity index (χ0n) is 12.2. The van der Waals surface area contributed by atoms with Crippen LogP contribution in [0.3, 0.4) is 0 Å². The van der Waals surface area contributed by atoms with Crippen LogP contribution in [0.2, 0.25) is 0 Å². The molecule has 1 aromatic carbocycles. The molecule has 4 nitrogen and oxygen atoms in total. The number of thiazole rings is 1.